The Kier molecular flexibility index (Phi) is 2.78. The van der Waals surface area contributed by atoms with Crippen LogP contribution in [-0.4, -0.2) is 20.7 Å². The zero-order chi connectivity index (χ0) is 17.2. The van der Waals surface area contributed by atoms with E-state index < -0.39 is 11.6 Å². The van der Waals surface area contributed by atoms with Gasteiger partial charge in [0.25, 0.3) is 0 Å². The number of rotatable bonds is 4. The minimum absolute atomic E-state index is 0.00285. The molecule has 3 saturated carbocycles. The number of hydrogen-bond acceptors (Lipinski definition) is 6. The average Bonchev–Trinajstić information content (AvgIpc) is 3.16. The van der Waals surface area contributed by atoms with Crippen molar-refractivity contribution >= 4 is 0 Å². The molecule has 2 N–H and O–H groups in total. The summed E-state index contributed by atoms with van der Waals surface area (Å²) in [6.45, 7) is 0. The first-order valence-corrected chi connectivity index (χ1v) is 7.97. The van der Waals surface area contributed by atoms with Gasteiger partial charge >= 0.3 is 0 Å². The first-order chi connectivity index (χ1) is 11.9. The molecule has 0 aliphatic heterocycles. The Morgan fingerprint density at radius 1 is 1.12 bits per heavy atom. The minimum atomic E-state index is -0.949. The van der Waals surface area contributed by atoms with E-state index in [-0.39, 0.29) is 16.8 Å². The predicted molar refractivity (Wildman–Crippen MR) is 81.4 cm³/mol. The summed E-state index contributed by atoms with van der Waals surface area (Å²) in [7, 11) is 0. The van der Waals surface area contributed by atoms with E-state index in [9.17, 15) is 8.78 Å². The van der Waals surface area contributed by atoms with Crippen molar-refractivity contribution in [3.8, 4) is 11.5 Å². The van der Waals surface area contributed by atoms with Crippen LogP contribution in [0.1, 0.15) is 36.7 Å². The Morgan fingerprint density at radius 2 is 1.92 bits per heavy atom. The lowest BCUT2D eigenvalue weighted by atomic mass is 9.39. The summed E-state index contributed by atoms with van der Waals surface area (Å²) in [5, 5.41) is 4.07. The highest BCUT2D eigenvalue weighted by Gasteiger charge is 2.68. The van der Waals surface area contributed by atoms with Crippen LogP contribution in [-0.2, 0) is 11.8 Å². The lowest BCUT2D eigenvalue weighted by molar-refractivity contribution is -0.0664. The van der Waals surface area contributed by atoms with E-state index in [1.807, 2.05) is 0 Å². The van der Waals surface area contributed by atoms with E-state index in [0.29, 0.717) is 29.4 Å². The summed E-state index contributed by atoms with van der Waals surface area (Å²) in [6, 6.07) is 3.48. The van der Waals surface area contributed by atoms with Gasteiger partial charge in [-0.05, 0) is 37.5 Å². The molecule has 0 unspecified atom stereocenters. The number of halogens is 2. The summed E-state index contributed by atoms with van der Waals surface area (Å²) >= 11 is 0. The molecule has 8 heteroatoms. The van der Waals surface area contributed by atoms with Crippen LogP contribution in [0.25, 0.3) is 11.5 Å². The number of benzene rings is 1. The maximum atomic E-state index is 13.3. The summed E-state index contributed by atoms with van der Waals surface area (Å²) in [4.78, 5) is 8.72. The van der Waals surface area contributed by atoms with Crippen LogP contribution in [0.4, 0.5) is 8.78 Å². The van der Waals surface area contributed by atoms with Crippen LogP contribution >= 0.6 is 0 Å². The van der Waals surface area contributed by atoms with Gasteiger partial charge in [0.2, 0.25) is 11.8 Å². The minimum Gasteiger partial charge on any atom is -0.444 e. The number of nitrogens with zero attached hydrogens (tertiary/aromatic N) is 3. The maximum Gasteiger partial charge on any atom is 0.232 e. The molecule has 0 spiro atoms. The molecule has 3 aliphatic carbocycles. The summed E-state index contributed by atoms with van der Waals surface area (Å²) in [6.07, 6.45) is 4.47. The smallest absolute Gasteiger partial charge is 0.232 e. The van der Waals surface area contributed by atoms with E-state index in [0.717, 1.165) is 31.4 Å². The van der Waals surface area contributed by atoms with Crippen molar-refractivity contribution < 1.29 is 17.7 Å². The largest absolute Gasteiger partial charge is 0.444 e. The quantitative estimate of drug-likeness (QED) is 0.782. The van der Waals surface area contributed by atoms with Crippen LogP contribution < -0.4 is 5.73 Å². The van der Waals surface area contributed by atoms with E-state index in [2.05, 4.69) is 15.1 Å². The SMILES string of the molecule is NC12CC(c3noc(Cc4coc(-c5ccc(F)c(F)c5)n4)n3)(C1)C2. The molecule has 1 aromatic carbocycles. The third-order valence-electron chi connectivity index (χ3n) is 5.06. The third-order valence-corrected chi connectivity index (χ3v) is 5.06. The highest BCUT2D eigenvalue weighted by molar-refractivity contribution is 5.53. The molecule has 3 fully saturated rings. The van der Waals surface area contributed by atoms with Gasteiger partial charge < -0.3 is 14.7 Å². The van der Waals surface area contributed by atoms with Crippen LogP contribution in [0, 0.1) is 11.6 Å². The fourth-order valence-corrected chi connectivity index (χ4v) is 3.95. The van der Waals surface area contributed by atoms with Gasteiger partial charge in [0.1, 0.15) is 6.26 Å². The van der Waals surface area contributed by atoms with Crippen molar-refractivity contribution in [2.24, 2.45) is 5.73 Å². The number of hydrogen-bond donors (Lipinski definition) is 1. The topological polar surface area (TPSA) is 91.0 Å². The molecule has 128 valence electrons. The Balaban J connectivity index is 1.33. The van der Waals surface area contributed by atoms with Gasteiger partial charge in [-0.25, -0.2) is 13.8 Å². The van der Waals surface area contributed by atoms with Gasteiger partial charge in [0.15, 0.2) is 17.5 Å². The van der Waals surface area contributed by atoms with Crippen molar-refractivity contribution in [2.45, 2.75) is 36.6 Å². The highest BCUT2D eigenvalue weighted by atomic mass is 19.2. The van der Waals surface area contributed by atoms with Gasteiger partial charge in [-0.15, -0.1) is 0 Å². The number of nitrogens with two attached hydrogens (primary N) is 1. The lowest BCUT2D eigenvalue weighted by Gasteiger charge is -2.67. The second-order valence-corrected chi connectivity index (χ2v) is 7.13. The Hall–Kier alpha value is -2.61. The molecule has 0 saturated heterocycles. The van der Waals surface area contributed by atoms with Gasteiger partial charge in [-0.1, -0.05) is 5.16 Å². The molecule has 2 heterocycles. The van der Waals surface area contributed by atoms with Crippen molar-refractivity contribution in [3.05, 3.63) is 53.5 Å². The van der Waals surface area contributed by atoms with Crippen molar-refractivity contribution in [2.75, 3.05) is 0 Å². The van der Waals surface area contributed by atoms with Crippen molar-refractivity contribution in [1.82, 2.24) is 15.1 Å². The molecule has 6 nitrogen and oxygen atoms in total. The fourth-order valence-electron chi connectivity index (χ4n) is 3.95. The summed E-state index contributed by atoms with van der Waals surface area (Å²) in [5.41, 5.74) is 6.97. The molecule has 3 aromatic rings. The standard InChI is InChI=1S/C17H14F2N4O2/c18-11-2-1-9(3-12(11)19)14-21-10(5-24-14)4-13-22-15(23-25-13)16-6-17(20,7-16)8-16/h1-3,5H,4,6-8,20H2. The van der Waals surface area contributed by atoms with Crippen LogP contribution in [0.3, 0.4) is 0 Å². The fraction of sp³-hybridized carbons (Fsp3) is 0.353. The molecule has 3 aliphatic rings. The monoisotopic (exact) mass is 344 g/mol. The van der Waals surface area contributed by atoms with Crippen molar-refractivity contribution in [1.29, 1.82) is 0 Å². The summed E-state index contributed by atoms with van der Waals surface area (Å²) in [5.74, 6) is -0.509. The second-order valence-electron chi connectivity index (χ2n) is 7.13. The third kappa shape index (κ3) is 2.21. The van der Waals surface area contributed by atoms with Gasteiger partial charge in [-0.3, -0.25) is 0 Å². The molecule has 0 atom stereocenters. The van der Waals surface area contributed by atoms with E-state index in [1.165, 1.54) is 12.3 Å². The molecular formula is C17H14F2N4O2. The average molecular weight is 344 g/mol. The zero-order valence-electron chi connectivity index (χ0n) is 13.1. The van der Waals surface area contributed by atoms with Crippen molar-refractivity contribution in [3.63, 3.8) is 0 Å². The summed E-state index contributed by atoms with van der Waals surface area (Å²) < 4.78 is 37.0. The molecule has 25 heavy (non-hydrogen) atoms. The molecule has 0 radical (unpaired) electrons. The normalized spacial score (nSPS) is 27.0. The maximum absolute atomic E-state index is 13.3. The molecule has 0 amide bonds. The van der Waals surface area contributed by atoms with Crippen LogP contribution in [0.15, 0.2) is 33.4 Å². The first-order valence-electron chi connectivity index (χ1n) is 7.97. The van der Waals surface area contributed by atoms with Crippen LogP contribution in [0.2, 0.25) is 0 Å². The molecule has 6 rings (SSSR count). The molecule has 2 aromatic heterocycles. The Bertz CT molecular complexity index is 961. The van der Waals surface area contributed by atoms with Crippen LogP contribution in [0.5, 0.6) is 0 Å². The van der Waals surface area contributed by atoms with Gasteiger partial charge in [0, 0.05) is 16.5 Å². The Morgan fingerprint density at radius 3 is 2.64 bits per heavy atom. The zero-order valence-corrected chi connectivity index (χ0v) is 13.1. The second kappa shape index (κ2) is 4.72. The molecule has 2 bridgehead atoms. The predicted octanol–water partition coefficient (Wildman–Crippen LogP) is 2.73. The molecular weight excluding hydrogens is 330 g/mol. The van der Waals surface area contributed by atoms with Gasteiger partial charge in [0.05, 0.1) is 12.1 Å². The first kappa shape index (κ1) is 14.7. The highest BCUT2D eigenvalue weighted by Crippen LogP contribution is 2.65. The van der Waals surface area contributed by atoms with E-state index in [4.69, 9.17) is 14.7 Å². The number of oxazole rings is 1. The van der Waals surface area contributed by atoms with E-state index in [1.54, 1.807) is 0 Å². The lowest BCUT2D eigenvalue weighted by Crippen LogP contribution is -2.74. The number of aromatic nitrogens is 3. The van der Waals surface area contributed by atoms with E-state index >= 15 is 0 Å². The Labute approximate surface area is 141 Å². The van der Waals surface area contributed by atoms with Gasteiger partial charge in [-0.2, -0.15) is 4.98 Å².